The third-order valence-corrected chi connectivity index (χ3v) is 11.8. The van der Waals surface area contributed by atoms with E-state index in [4.69, 9.17) is 18.9 Å². The molecule has 0 radical (unpaired) electrons. The van der Waals surface area contributed by atoms with E-state index < -0.39 is 59.4 Å². The molecule has 0 bridgehead atoms. The van der Waals surface area contributed by atoms with Gasteiger partial charge in [0.05, 0.1) is 43.5 Å². The fraction of sp³-hybridized carbons (Fsp3) is 0.300. The number of methoxy groups -OCH3 is 1. The van der Waals surface area contributed by atoms with Gasteiger partial charge in [-0.1, -0.05) is 90.7 Å². The molecule has 2 saturated heterocycles. The molecule has 3 aliphatic heterocycles. The zero-order valence-electron chi connectivity index (χ0n) is 35.2. The molecule has 3 N–H and O–H groups in total. The molecule has 14 heteroatoms. The average Bonchev–Trinajstić information content (AvgIpc) is 3.78. The summed E-state index contributed by atoms with van der Waals surface area (Å²) in [5.74, 6) is 2.69. The Morgan fingerprint density at radius 1 is 0.828 bits per heavy atom. The van der Waals surface area contributed by atoms with E-state index in [1.165, 1.54) is 7.11 Å². The van der Waals surface area contributed by atoms with E-state index >= 15 is 14.4 Å². The van der Waals surface area contributed by atoms with Crippen molar-refractivity contribution in [1.82, 2.24) is 15.2 Å². The number of amides is 3. The molecule has 8 rings (SSSR count). The molecule has 64 heavy (non-hydrogen) atoms. The summed E-state index contributed by atoms with van der Waals surface area (Å²) in [6, 6.07) is 32.8. The molecule has 3 aliphatic rings. The Labute approximate surface area is 370 Å². The lowest BCUT2D eigenvalue weighted by Crippen LogP contribution is -2.56. The molecule has 0 unspecified atom stereocenters. The summed E-state index contributed by atoms with van der Waals surface area (Å²) in [5.41, 5.74) is 1.43. The number of ether oxygens (including phenoxy) is 4. The highest BCUT2D eigenvalue weighted by Crippen LogP contribution is 2.66. The highest BCUT2D eigenvalue weighted by atomic mass is 16.6. The number of aliphatic hydroxyl groups excluding tert-OH is 2. The maximum atomic E-state index is 16.2. The number of imide groups is 1. The standard InChI is InChI=1S/C50H48N4O10/c1-61-29-30-63-49(60)53-40-22-21-33(13-9-11-26-55)31-39(40)50(48(53)59)41(46(57)52-25-23-37-19-8-10-24-51-37)43-47(58)64-44(35-16-6-3-7-17-35)42(34-14-4-2-5-15-34)54(43)45(50)36-18-12-20-38(32-36)62-28-27-56/h2-8,10,12,14-22,24,31-32,41-45,55-56H,11,23,25-30H2,1H3,(H,52,57)/t41-,42-,43-,44+,45+,50-/m0/s1. The van der Waals surface area contributed by atoms with Crippen molar-refractivity contribution in [2.45, 2.75) is 42.5 Å². The van der Waals surface area contributed by atoms with Crippen molar-refractivity contribution >= 4 is 29.6 Å². The van der Waals surface area contributed by atoms with Gasteiger partial charge in [-0.25, -0.2) is 9.69 Å². The first-order valence-electron chi connectivity index (χ1n) is 21.2. The zero-order valence-corrected chi connectivity index (χ0v) is 35.2. The van der Waals surface area contributed by atoms with Crippen LogP contribution in [0.5, 0.6) is 5.75 Å². The van der Waals surface area contributed by atoms with Crippen LogP contribution >= 0.6 is 0 Å². The lowest BCUT2D eigenvalue weighted by molar-refractivity contribution is -0.178. The van der Waals surface area contributed by atoms with E-state index in [-0.39, 0.29) is 57.3 Å². The van der Waals surface area contributed by atoms with Crippen LogP contribution in [0.4, 0.5) is 10.5 Å². The van der Waals surface area contributed by atoms with Crippen LogP contribution in [0.1, 0.15) is 58.1 Å². The van der Waals surface area contributed by atoms with Crippen LogP contribution in [0, 0.1) is 17.8 Å². The van der Waals surface area contributed by atoms with Gasteiger partial charge in [0.25, 0.3) is 0 Å². The third kappa shape index (κ3) is 8.22. The van der Waals surface area contributed by atoms with Crippen molar-refractivity contribution in [3.05, 3.63) is 161 Å². The van der Waals surface area contributed by atoms with Gasteiger partial charge in [-0.15, -0.1) is 0 Å². The molecule has 4 aromatic carbocycles. The Bertz CT molecular complexity index is 2530. The van der Waals surface area contributed by atoms with Crippen LogP contribution in [0.15, 0.2) is 128 Å². The van der Waals surface area contributed by atoms with Gasteiger partial charge in [0.15, 0.2) is 0 Å². The van der Waals surface area contributed by atoms with Gasteiger partial charge in [0.1, 0.15) is 36.5 Å². The number of hydrogen-bond donors (Lipinski definition) is 3. The minimum absolute atomic E-state index is 0.0271. The molecule has 6 atom stereocenters. The number of rotatable bonds is 14. The van der Waals surface area contributed by atoms with Crippen LogP contribution in [0.3, 0.4) is 0 Å². The number of morpholine rings is 1. The van der Waals surface area contributed by atoms with Crippen LogP contribution < -0.4 is 15.0 Å². The molecule has 1 aromatic heterocycles. The first-order valence-corrected chi connectivity index (χ1v) is 21.2. The number of pyridine rings is 1. The molecule has 2 fully saturated rings. The second kappa shape index (κ2) is 19.7. The molecule has 14 nitrogen and oxygen atoms in total. The van der Waals surface area contributed by atoms with Gasteiger partial charge < -0.3 is 34.5 Å². The molecule has 5 aromatic rings. The summed E-state index contributed by atoms with van der Waals surface area (Å²) >= 11 is 0. The van der Waals surface area contributed by atoms with Crippen molar-refractivity contribution in [1.29, 1.82) is 0 Å². The molecule has 0 aliphatic carbocycles. The second-order valence-electron chi connectivity index (χ2n) is 15.5. The largest absolute Gasteiger partial charge is 0.491 e. The van der Waals surface area contributed by atoms with Crippen molar-refractivity contribution in [3.8, 4) is 17.6 Å². The monoisotopic (exact) mass is 864 g/mol. The Morgan fingerprint density at radius 2 is 1.58 bits per heavy atom. The van der Waals surface area contributed by atoms with Crippen molar-refractivity contribution < 1.29 is 48.3 Å². The van der Waals surface area contributed by atoms with Crippen molar-refractivity contribution in [3.63, 3.8) is 0 Å². The third-order valence-electron chi connectivity index (χ3n) is 11.8. The smallest absolute Gasteiger partial charge is 0.421 e. The molecule has 4 heterocycles. The first-order chi connectivity index (χ1) is 31.3. The molecular formula is C50H48N4O10. The average molecular weight is 865 g/mol. The quantitative estimate of drug-likeness (QED) is 0.0776. The van der Waals surface area contributed by atoms with Gasteiger partial charge in [0.2, 0.25) is 11.8 Å². The van der Waals surface area contributed by atoms with Gasteiger partial charge in [-0.05, 0) is 64.7 Å². The van der Waals surface area contributed by atoms with Crippen molar-refractivity contribution in [2.24, 2.45) is 5.92 Å². The lowest BCUT2D eigenvalue weighted by atomic mass is 9.65. The van der Waals surface area contributed by atoms with E-state index in [0.29, 0.717) is 34.6 Å². The lowest BCUT2D eigenvalue weighted by Gasteiger charge is -2.46. The van der Waals surface area contributed by atoms with E-state index in [9.17, 15) is 15.0 Å². The van der Waals surface area contributed by atoms with Crippen LogP contribution in [0.25, 0.3) is 0 Å². The number of anilines is 1. The number of aliphatic hydroxyl groups is 2. The fourth-order valence-corrected chi connectivity index (χ4v) is 9.37. The highest BCUT2D eigenvalue weighted by Gasteiger charge is 2.75. The second-order valence-corrected chi connectivity index (χ2v) is 15.5. The summed E-state index contributed by atoms with van der Waals surface area (Å²) in [6.45, 7) is -0.490. The summed E-state index contributed by atoms with van der Waals surface area (Å²) < 4.78 is 23.3. The van der Waals surface area contributed by atoms with E-state index in [1.54, 1.807) is 54.7 Å². The molecular weight excluding hydrogens is 817 g/mol. The van der Waals surface area contributed by atoms with Gasteiger partial charge in [-0.2, -0.15) is 0 Å². The summed E-state index contributed by atoms with van der Waals surface area (Å²) in [4.78, 5) is 68.6. The van der Waals surface area contributed by atoms with E-state index in [1.807, 2.05) is 77.7 Å². The number of nitrogens with one attached hydrogen (secondary N) is 1. The molecule has 1 spiro atoms. The Balaban J connectivity index is 1.43. The number of cyclic esters (lactones) is 1. The predicted octanol–water partition coefficient (Wildman–Crippen LogP) is 4.99. The SMILES string of the molecule is COCCOC(=O)N1C(=O)[C@@]2(c3cc(C#CCCO)ccc31)[C@H](C(=O)NCCc1ccccn1)[C@H]1C(=O)O[C@H](c3ccccc3)[C@H](c3ccccc3)N1[C@@H]2c1cccc(OCCO)c1. The Hall–Kier alpha value is -6.89. The summed E-state index contributed by atoms with van der Waals surface area (Å²) in [5, 5.41) is 22.4. The number of aromatic nitrogens is 1. The van der Waals surface area contributed by atoms with Crippen LogP contribution in [0.2, 0.25) is 0 Å². The van der Waals surface area contributed by atoms with E-state index in [0.717, 1.165) is 10.5 Å². The van der Waals surface area contributed by atoms with Crippen molar-refractivity contribution in [2.75, 3.05) is 51.6 Å². The zero-order chi connectivity index (χ0) is 44.6. The maximum Gasteiger partial charge on any atom is 0.421 e. The first kappa shape index (κ1) is 43.7. The minimum atomic E-state index is -2.04. The Morgan fingerprint density at radius 3 is 2.30 bits per heavy atom. The number of carbonyl (C=O) groups excluding carboxylic acids is 4. The number of nitrogens with zero attached hydrogens (tertiary/aromatic N) is 3. The topological polar surface area (TPSA) is 177 Å². The number of esters is 1. The summed E-state index contributed by atoms with van der Waals surface area (Å²) in [7, 11) is 1.46. The van der Waals surface area contributed by atoms with E-state index in [2.05, 4.69) is 22.1 Å². The Kier molecular flexibility index (Phi) is 13.4. The van der Waals surface area contributed by atoms with Gasteiger partial charge >= 0.3 is 12.1 Å². The number of carbonyl (C=O) groups is 4. The summed E-state index contributed by atoms with van der Waals surface area (Å²) in [6.07, 6.45) is 0.249. The molecule has 328 valence electrons. The van der Waals surface area contributed by atoms with Gasteiger partial charge in [-0.3, -0.25) is 24.3 Å². The van der Waals surface area contributed by atoms with Crippen LogP contribution in [-0.2, 0) is 40.4 Å². The highest BCUT2D eigenvalue weighted by molar-refractivity contribution is 6.23. The molecule has 0 saturated carbocycles. The fourth-order valence-electron chi connectivity index (χ4n) is 9.37. The molecule has 3 amide bonds. The minimum Gasteiger partial charge on any atom is -0.491 e. The maximum absolute atomic E-state index is 16.2. The number of fused-ring (bicyclic) bond motifs is 3. The van der Waals surface area contributed by atoms with Crippen LogP contribution in [-0.4, -0.2) is 96.7 Å². The number of benzene rings is 4. The normalized spacial score (nSPS) is 22.2. The number of hydrogen-bond acceptors (Lipinski definition) is 12. The van der Waals surface area contributed by atoms with Gasteiger partial charge in [0, 0.05) is 44.0 Å². The predicted molar refractivity (Wildman–Crippen MR) is 234 cm³/mol.